The first-order chi connectivity index (χ1) is 54.1. The van der Waals surface area contributed by atoms with Crippen LogP contribution in [0.4, 0.5) is 45.5 Å². The zero-order chi connectivity index (χ0) is 84.6. The number of likely N-dealkylation sites (N-methyl/N-ethyl adjacent to an activating group) is 2. The predicted octanol–water partition coefficient (Wildman–Crippen LogP) is 16.3. The molecule has 0 aromatic heterocycles. The zero-order valence-electron chi connectivity index (χ0n) is 75.3. The Morgan fingerprint density at radius 3 is 1.05 bits per heavy atom. The van der Waals surface area contributed by atoms with Gasteiger partial charge in [0.1, 0.15) is 29.2 Å². The maximum absolute atomic E-state index is 13.3. The number of carboxylic acid groups (broad SMARTS) is 1. The van der Waals surface area contributed by atoms with Crippen molar-refractivity contribution in [3.05, 3.63) is 216 Å². The molecule has 0 bridgehead atoms. The van der Waals surface area contributed by atoms with Gasteiger partial charge in [-0.15, -0.1) is 0 Å². The SMILES string of the molecule is C.CCN1/C(=C/C=C/C2=[N+](CCC(=O)O)c3ccccc3C2(C)C)C(C)(C)c2ccccc21.CCN1C(=CC=CC2=[N+](CCC(=O)NCCC[N+](C)(C)CCC[N+](C)(C)c3ccc([N+](C)(C)CCCN)cc3)c3ccccc3C2(C)C)C(C)(C)c2ccccc21.C[N+](C)(CCCN)CCC[N+](C)(C)c1ccc([N+](C)(C)CCCN)cc1. The van der Waals surface area contributed by atoms with E-state index in [2.05, 4.69) is 354 Å². The zero-order valence-corrected chi connectivity index (χ0v) is 75.3. The third-order valence-corrected chi connectivity index (χ3v) is 25.5. The molecule has 4 aliphatic rings. The molecule has 6 aromatic carbocycles. The molecule has 116 heavy (non-hydrogen) atoms. The number of carbonyl (C=O) groups is 2. The molecule has 0 saturated carbocycles. The van der Waals surface area contributed by atoms with Crippen molar-refractivity contribution in [3.8, 4) is 0 Å². The summed E-state index contributed by atoms with van der Waals surface area (Å²) < 4.78 is 10.1. The van der Waals surface area contributed by atoms with Crippen molar-refractivity contribution >= 4 is 68.8 Å². The summed E-state index contributed by atoms with van der Waals surface area (Å²) in [5.41, 5.74) is 37.1. The Morgan fingerprint density at radius 2 is 0.707 bits per heavy atom. The van der Waals surface area contributed by atoms with Gasteiger partial charge >= 0.3 is 5.97 Å². The van der Waals surface area contributed by atoms with Gasteiger partial charge in [-0.05, 0) is 96.6 Å². The van der Waals surface area contributed by atoms with Crippen LogP contribution in [-0.2, 0) is 31.2 Å². The number of carbonyl (C=O) groups excluding carboxylic acids is 1. The smallest absolute Gasteiger partial charge is 0.309 e. The van der Waals surface area contributed by atoms with Crippen LogP contribution in [0.2, 0.25) is 0 Å². The first-order valence-corrected chi connectivity index (χ1v) is 42.9. The lowest BCUT2D eigenvalue weighted by Crippen LogP contribution is -2.47. The number of para-hydroxylation sites is 4. The quantitative estimate of drug-likeness (QED) is 0.0147. The van der Waals surface area contributed by atoms with Gasteiger partial charge in [-0.2, -0.15) is 9.15 Å². The summed E-state index contributed by atoms with van der Waals surface area (Å²) in [6, 6.07) is 52.7. The van der Waals surface area contributed by atoms with Gasteiger partial charge in [0.2, 0.25) is 17.3 Å². The molecule has 10 rings (SSSR count). The molecule has 4 aliphatic heterocycles. The second kappa shape index (κ2) is 40.0. The maximum Gasteiger partial charge on any atom is 0.309 e. The monoisotopic (exact) mass is 1590 g/mol. The van der Waals surface area contributed by atoms with E-state index in [-0.39, 0.29) is 41.4 Å². The minimum absolute atomic E-state index is 0. The van der Waals surface area contributed by atoms with Gasteiger partial charge in [-0.1, -0.05) is 120 Å². The molecule has 0 saturated heterocycles. The van der Waals surface area contributed by atoms with Gasteiger partial charge < -0.3 is 46.4 Å². The maximum atomic E-state index is 13.3. The number of nitrogens with zero attached hydrogens (tertiary/aromatic N) is 10. The fraction of sp³-hybridized carbons (Fsp3) is 0.515. The number of hydrogen-bond acceptors (Lipinski definition) is 7. The molecule has 0 unspecified atom stereocenters. The number of aliphatic carboxylic acids is 1. The summed E-state index contributed by atoms with van der Waals surface area (Å²) >= 11 is 0. The number of allylic oxidation sites excluding steroid dienone is 8. The van der Waals surface area contributed by atoms with E-state index in [9.17, 15) is 14.7 Å². The van der Waals surface area contributed by atoms with Gasteiger partial charge in [-0.3, -0.25) is 27.5 Å². The van der Waals surface area contributed by atoms with Crippen molar-refractivity contribution in [1.29, 1.82) is 0 Å². The first kappa shape index (κ1) is 94.9. The molecule has 8 N–H and O–H groups in total. The Kier molecular flexibility index (Phi) is 32.8. The van der Waals surface area contributed by atoms with Crippen molar-refractivity contribution in [2.24, 2.45) is 17.2 Å². The number of rotatable bonds is 37. The molecule has 17 nitrogen and oxygen atoms in total. The minimum Gasteiger partial charge on any atom is -0.481 e. The Morgan fingerprint density at radius 1 is 0.405 bits per heavy atom. The van der Waals surface area contributed by atoms with Gasteiger partial charge in [-0.25, -0.2) is 0 Å². The van der Waals surface area contributed by atoms with Crippen LogP contribution in [0.1, 0.15) is 150 Å². The number of quaternary nitrogens is 6. The van der Waals surface area contributed by atoms with Crippen molar-refractivity contribution in [2.75, 3.05) is 199 Å². The molecule has 0 radical (unpaired) electrons. The van der Waals surface area contributed by atoms with E-state index in [1.165, 1.54) is 92.1 Å². The molecule has 4 heterocycles. The summed E-state index contributed by atoms with van der Waals surface area (Å²) in [7, 11) is 27.5. The number of nitrogens with two attached hydrogens (primary N) is 3. The Bertz CT molecular complexity index is 4450. The molecule has 0 fully saturated rings. The topological polar surface area (TPSA) is 157 Å². The van der Waals surface area contributed by atoms with E-state index in [0.717, 1.165) is 149 Å². The van der Waals surface area contributed by atoms with Crippen molar-refractivity contribution in [1.82, 2.24) is 23.2 Å². The average Bonchev–Trinajstić information content (AvgIpc) is 1.61. The van der Waals surface area contributed by atoms with Crippen molar-refractivity contribution < 1.29 is 32.8 Å². The molecular formula is C99H156N14O3+8. The number of amides is 1. The van der Waals surface area contributed by atoms with Crippen molar-refractivity contribution in [2.45, 2.75) is 150 Å². The highest BCUT2D eigenvalue weighted by molar-refractivity contribution is 6.04. The Balaban J connectivity index is 0.000000265. The van der Waals surface area contributed by atoms with Crippen LogP contribution < -0.4 is 50.2 Å². The second-order valence-corrected chi connectivity index (χ2v) is 38.1. The fourth-order valence-electron chi connectivity index (χ4n) is 18.0. The second-order valence-electron chi connectivity index (χ2n) is 38.1. The van der Waals surface area contributed by atoms with Gasteiger partial charge in [0.05, 0.1) is 154 Å². The summed E-state index contributed by atoms with van der Waals surface area (Å²) in [6.07, 6.45) is 20.4. The summed E-state index contributed by atoms with van der Waals surface area (Å²) in [5, 5.41) is 12.5. The normalized spacial score (nSPS) is 16.8. The Hall–Kier alpha value is -8.20. The highest BCUT2D eigenvalue weighted by Crippen LogP contribution is 2.50. The summed E-state index contributed by atoms with van der Waals surface area (Å²) in [6.45, 7) is 37.4. The van der Waals surface area contributed by atoms with Crippen LogP contribution in [-0.4, -0.2) is 236 Å². The Labute approximate surface area is 702 Å². The molecular weight excluding hydrogens is 1430 g/mol. The summed E-state index contributed by atoms with van der Waals surface area (Å²) in [5.74, 6) is -0.662. The number of anilines is 2. The van der Waals surface area contributed by atoms with Crippen LogP contribution in [0, 0.1) is 0 Å². The number of carboxylic acids is 1. The third kappa shape index (κ3) is 23.0. The average molecular weight is 1590 g/mol. The highest BCUT2D eigenvalue weighted by atomic mass is 16.4. The standard InChI is InChI=1S/C49H74N7O.C28H32N2O2.C21H44N5.CH4/c1-12-52-43-23-15-13-21-41(43)48(2,3)45(52)25-17-26-46-49(4,5)42-22-14-16-24-44(42)53(46)34-31-47(57)51-33-19-35-54(6,7)36-20-38-56(10,11)40-29-27-39(28-30-40)55(8,9)37-18-32-50;1-6-29-22-14-9-7-12-20(22)27(2,3)24(29)16-11-17-25-28(4,5)21-13-8-10-15-23(21)30(25)19-18-26(31)32;1-24(2,16-7-14-22)17-9-19-26(5,6)21-12-10-20(11-13-21)25(3,4)18-8-15-23;/h13-17,21-30H,12,18-20,31-38,50H2,1-11H3;7-17H,6,18-19H2,1-5H3;10-13H,7-9,14-19,22-23H2,1-6H3;1H4/q+3;;+3;/p+2. The molecule has 0 atom stereocenters. The van der Waals surface area contributed by atoms with Crippen LogP contribution in [0.15, 0.2) is 193 Å². The number of hydrogen-bond donors (Lipinski definition) is 5. The van der Waals surface area contributed by atoms with Crippen LogP contribution >= 0.6 is 0 Å². The van der Waals surface area contributed by atoms with E-state index in [4.69, 9.17) is 17.2 Å². The lowest BCUT2D eigenvalue weighted by Gasteiger charge is -2.34. The van der Waals surface area contributed by atoms with Crippen LogP contribution in [0.3, 0.4) is 0 Å². The minimum atomic E-state index is -0.776. The largest absolute Gasteiger partial charge is 0.481 e. The van der Waals surface area contributed by atoms with Gasteiger partial charge in [0, 0.05) is 176 Å². The fourth-order valence-corrected chi connectivity index (χ4v) is 18.0. The van der Waals surface area contributed by atoms with Gasteiger partial charge in [0.25, 0.3) is 0 Å². The lowest BCUT2D eigenvalue weighted by molar-refractivity contribution is -0.890. The first-order valence-electron chi connectivity index (χ1n) is 42.9. The number of nitrogens with one attached hydrogen (secondary N) is 1. The van der Waals surface area contributed by atoms with Gasteiger partial charge in [0.15, 0.2) is 24.5 Å². The molecule has 6 aromatic rings. The molecule has 632 valence electrons. The predicted molar refractivity (Wildman–Crippen MR) is 500 cm³/mol. The van der Waals surface area contributed by atoms with Crippen LogP contribution in [0.5, 0.6) is 0 Å². The van der Waals surface area contributed by atoms with Crippen LogP contribution in [0.25, 0.3) is 0 Å². The van der Waals surface area contributed by atoms with E-state index in [1.807, 2.05) is 6.07 Å². The number of fused-ring (bicyclic) bond motifs is 4. The number of benzene rings is 6. The molecule has 17 heteroatoms. The molecule has 0 aliphatic carbocycles. The highest BCUT2D eigenvalue weighted by Gasteiger charge is 2.47. The molecule has 1 amide bonds. The summed E-state index contributed by atoms with van der Waals surface area (Å²) in [4.78, 5) is 29.4. The van der Waals surface area contributed by atoms with E-state index in [0.29, 0.717) is 26.1 Å². The molecule has 0 spiro atoms. The van der Waals surface area contributed by atoms with Crippen molar-refractivity contribution in [3.63, 3.8) is 0 Å². The lowest BCUT2D eigenvalue weighted by atomic mass is 9.81. The van der Waals surface area contributed by atoms with E-state index >= 15 is 0 Å². The van der Waals surface area contributed by atoms with E-state index in [1.54, 1.807) is 0 Å². The third-order valence-electron chi connectivity index (χ3n) is 25.5. The van der Waals surface area contributed by atoms with E-state index < -0.39 is 5.97 Å².